The van der Waals surface area contributed by atoms with Crippen LogP contribution < -0.4 is 15.8 Å². The van der Waals surface area contributed by atoms with Crippen molar-refractivity contribution in [2.24, 2.45) is 0 Å². The number of sulfonamides is 1. The molecule has 42 heavy (non-hydrogen) atoms. The van der Waals surface area contributed by atoms with Crippen molar-refractivity contribution in [3.8, 4) is 0 Å². The minimum absolute atomic E-state index is 0.106. The van der Waals surface area contributed by atoms with E-state index in [2.05, 4.69) is 5.32 Å². The summed E-state index contributed by atoms with van der Waals surface area (Å²) in [5.41, 5.74) is 0.221. The van der Waals surface area contributed by atoms with Gasteiger partial charge in [0.15, 0.2) is 0 Å². The summed E-state index contributed by atoms with van der Waals surface area (Å²) in [6, 6.07) is 19.0. The highest BCUT2D eigenvalue weighted by molar-refractivity contribution is 7.89. The van der Waals surface area contributed by atoms with Crippen LogP contribution in [0, 0.1) is 5.82 Å². The smallest absolute Gasteiger partial charge is 0.340 e. The molecule has 1 N–H and O–H groups in total. The maximum Gasteiger partial charge on any atom is 0.340 e. The van der Waals surface area contributed by atoms with Gasteiger partial charge in [0.1, 0.15) is 17.3 Å². The second-order valence-electron chi connectivity index (χ2n) is 9.63. The zero-order valence-corrected chi connectivity index (χ0v) is 23.6. The van der Waals surface area contributed by atoms with Gasteiger partial charge in [0, 0.05) is 43.1 Å². The lowest BCUT2D eigenvalue weighted by molar-refractivity contribution is -0.116. The number of nitrogens with one attached hydrogen (secondary N) is 1. The molecule has 1 saturated heterocycles. The molecule has 0 unspecified atom stereocenters. The van der Waals surface area contributed by atoms with Gasteiger partial charge >= 0.3 is 5.97 Å². The summed E-state index contributed by atoms with van der Waals surface area (Å²) in [6.07, 6.45) is 1.18. The lowest BCUT2D eigenvalue weighted by atomic mass is 10.1. The number of halogens is 1. The van der Waals surface area contributed by atoms with Gasteiger partial charge in [0.25, 0.3) is 5.56 Å². The number of rotatable bonds is 8. The molecule has 1 fully saturated rings. The van der Waals surface area contributed by atoms with Crippen LogP contribution in [-0.4, -0.2) is 62.0 Å². The lowest BCUT2D eigenvalue weighted by Crippen LogP contribution is -2.49. The summed E-state index contributed by atoms with van der Waals surface area (Å²) >= 11 is 0. The zero-order chi connectivity index (χ0) is 29.9. The first-order valence-corrected chi connectivity index (χ1v) is 14.8. The molecule has 2 heterocycles. The van der Waals surface area contributed by atoms with Gasteiger partial charge in [0.05, 0.1) is 23.5 Å². The van der Waals surface area contributed by atoms with Crippen LogP contribution in [0.1, 0.15) is 17.3 Å². The number of hydrogen-bond donors (Lipinski definition) is 1. The van der Waals surface area contributed by atoms with Gasteiger partial charge in [-0.05, 0) is 37.3 Å². The number of fused-ring (bicyclic) bond motifs is 1. The Morgan fingerprint density at radius 1 is 0.905 bits per heavy atom. The molecule has 0 radical (unpaired) electrons. The van der Waals surface area contributed by atoms with Crippen LogP contribution in [-0.2, 0) is 26.1 Å². The summed E-state index contributed by atoms with van der Waals surface area (Å²) in [5, 5.41) is 3.01. The third kappa shape index (κ3) is 5.76. The standard InChI is InChI=1S/C30H29FN4O6S/c1-2-41-30(38)23-11-5-7-13-25(23)32-28(36)20-34-19-27(21-9-3-4-10-22(21)29(34)37)42(39,40)35-17-15-33(16-18-35)26-14-8-6-12-24(26)31/h3-14,19H,2,15-18,20H2,1H3,(H,32,36). The first-order chi connectivity index (χ1) is 20.2. The summed E-state index contributed by atoms with van der Waals surface area (Å²) in [6.45, 7) is 2.10. The van der Waals surface area contributed by atoms with Crippen LogP contribution in [0.4, 0.5) is 15.8 Å². The molecule has 0 saturated carbocycles. The largest absolute Gasteiger partial charge is 0.462 e. The number of carbonyl (C=O) groups excluding carboxylic acids is 2. The Bertz CT molecular complexity index is 1820. The van der Waals surface area contributed by atoms with Gasteiger partial charge in [0.2, 0.25) is 15.9 Å². The van der Waals surface area contributed by atoms with Crippen molar-refractivity contribution < 1.29 is 27.1 Å². The minimum atomic E-state index is -4.10. The summed E-state index contributed by atoms with van der Waals surface area (Å²) in [4.78, 5) is 40.4. The number of ether oxygens (including phenoxy) is 1. The van der Waals surface area contributed by atoms with Crippen molar-refractivity contribution >= 4 is 44.0 Å². The molecule has 218 valence electrons. The van der Waals surface area contributed by atoms with E-state index in [1.807, 2.05) is 0 Å². The predicted molar refractivity (Wildman–Crippen MR) is 157 cm³/mol. The number of piperazine rings is 1. The summed E-state index contributed by atoms with van der Waals surface area (Å²) in [7, 11) is -4.10. The molecule has 12 heteroatoms. The SMILES string of the molecule is CCOC(=O)c1ccccc1NC(=O)Cn1cc(S(=O)(=O)N2CCN(c3ccccc3F)CC2)c2ccccc2c1=O. The van der Waals surface area contributed by atoms with Gasteiger partial charge in [-0.25, -0.2) is 17.6 Å². The molecular formula is C30H29FN4O6S. The Kier molecular flexibility index (Phi) is 8.36. The van der Waals surface area contributed by atoms with Crippen LogP contribution >= 0.6 is 0 Å². The molecule has 0 bridgehead atoms. The van der Waals surface area contributed by atoms with E-state index in [4.69, 9.17) is 4.74 Å². The van der Waals surface area contributed by atoms with Gasteiger partial charge in [-0.1, -0.05) is 42.5 Å². The molecule has 1 amide bonds. The van der Waals surface area contributed by atoms with Gasteiger partial charge in [-0.15, -0.1) is 0 Å². The molecule has 4 aromatic rings. The Morgan fingerprint density at radius 2 is 1.55 bits per heavy atom. The van der Waals surface area contributed by atoms with Crippen LogP contribution in [0.15, 0.2) is 88.7 Å². The number of pyridine rings is 1. The van der Waals surface area contributed by atoms with Gasteiger partial charge < -0.3 is 19.5 Å². The quantitative estimate of drug-likeness (QED) is 0.312. The van der Waals surface area contributed by atoms with E-state index in [9.17, 15) is 27.2 Å². The van der Waals surface area contributed by atoms with E-state index in [0.29, 0.717) is 5.69 Å². The molecule has 5 rings (SSSR count). The monoisotopic (exact) mass is 592 g/mol. The van der Waals surface area contributed by atoms with E-state index in [1.54, 1.807) is 60.4 Å². The van der Waals surface area contributed by atoms with Crippen molar-refractivity contribution in [2.45, 2.75) is 18.4 Å². The van der Waals surface area contributed by atoms with Crippen molar-refractivity contribution in [2.75, 3.05) is 43.0 Å². The Labute approximate surface area is 242 Å². The molecule has 1 aromatic heterocycles. The van der Waals surface area contributed by atoms with E-state index in [1.165, 1.54) is 34.8 Å². The summed E-state index contributed by atoms with van der Waals surface area (Å²) in [5.74, 6) is -1.62. The molecule has 0 atom stereocenters. The first kappa shape index (κ1) is 29.0. The number of amides is 1. The highest BCUT2D eigenvalue weighted by Gasteiger charge is 2.31. The fraction of sp³-hybridized carbons (Fsp3) is 0.233. The lowest BCUT2D eigenvalue weighted by Gasteiger charge is -2.35. The fourth-order valence-corrected chi connectivity index (χ4v) is 6.61. The number of nitrogens with zero attached hydrogens (tertiary/aromatic N) is 3. The molecule has 10 nitrogen and oxygen atoms in total. The third-order valence-corrected chi connectivity index (χ3v) is 8.94. The fourth-order valence-electron chi connectivity index (χ4n) is 4.97. The topological polar surface area (TPSA) is 118 Å². The number of aromatic nitrogens is 1. The van der Waals surface area contributed by atoms with Crippen molar-refractivity contribution in [3.05, 3.63) is 101 Å². The minimum Gasteiger partial charge on any atom is -0.462 e. The zero-order valence-electron chi connectivity index (χ0n) is 22.8. The number of carbonyl (C=O) groups is 2. The van der Waals surface area contributed by atoms with E-state index in [-0.39, 0.29) is 65.5 Å². The molecule has 0 spiro atoms. The second kappa shape index (κ2) is 12.1. The number of esters is 1. The Balaban J connectivity index is 1.43. The van der Waals surface area contributed by atoms with Gasteiger partial charge in [-0.3, -0.25) is 9.59 Å². The van der Waals surface area contributed by atoms with E-state index >= 15 is 0 Å². The van der Waals surface area contributed by atoms with Crippen LogP contribution in [0.5, 0.6) is 0 Å². The van der Waals surface area contributed by atoms with Crippen LogP contribution in [0.3, 0.4) is 0 Å². The van der Waals surface area contributed by atoms with Crippen molar-refractivity contribution in [1.82, 2.24) is 8.87 Å². The van der Waals surface area contributed by atoms with E-state index in [0.717, 1.165) is 4.57 Å². The number of benzene rings is 3. The van der Waals surface area contributed by atoms with Crippen molar-refractivity contribution in [3.63, 3.8) is 0 Å². The van der Waals surface area contributed by atoms with E-state index < -0.39 is 34.0 Å². The molecule has 1 aliphatic rings. The number of hydrogen-bond acceptors (Lipinski definition) is 7. The first-order valence-electron chi connectivity index (χ1n) is 13.4. The molecule has 0 aliphatic carbocycles. The molecule has 3 aromatic carbocycles. The maximum absolute atomic E-state index is 14.3. The average molecular weight is 593 g/mol. The van der Waals surface area contributed by atoms with Crippen molar-refractivity contribution in [1.29, 1.82) is 0 Å². The second-order valence-corrected chi connectivity index (χ2v) is 11.5. The highest BCUT2D eigenvalue weighted by Crippen LogP contribution is 2.27. The third-order valence-electron chi connectivity index (χ3n) is 7.02. The highest BCUT2D eigenvalue weighted by atomic mass is 32.2. The average Bonchev–Trinajstić information content (AvgIpc) is 2.99. The number of anilines is 2. The van der Waals surface area contributed by atoms with Crippen LogP contribution in [0.25, 0.3) is 10.8 Å². The molecule has 1 aliphatic heterocycles. The maximum atomic E-state index is 14.3. The normalized spacial score (nSPS) is 14.1. The van der Waals surface area contributed by atoms with Gasteiger partial charge in [-0.2, -0.15) is 4.31 Å². The predicted octanol–water partition coefficient (Wildman–Crippen LogP) is 3.47. The Morgan fingerprint density at radius 3 is 2.26 bits per heavy atom. The number of para-hydroxylation sites is 2. The Hall–Kier alpha value is -4.55. The van der Waals surface area contributed by atoms with Crippen LogP contribution in [0.2, 0.25) is 0 Å². The summed E-state index contributed by atoms with van der Waals surface area (Å²) < 4.78 is 49.5. The molecular weight excluding hydrogens is 563 g/mol.